The highest BCUT2D eigenvalue weighted by atomic mass is 35.5. The quantitative estimate of drug-likeness (QED) is 0.663. The van der Waals surface area contributed by atoms with E-state index in [1.165, 1.54) is 12.8 Å². The lowest BCUT2D eigenvalue weighted by Gasteiger charge is -2.33. The average Bonchev–Trinajstić information content (AvgIpc) is 2.33. The number of fused-ring (bicyclic) bond motifs is 2. The predicted molar refractivity (Wildman–Crippen MR) is 60.4 cm³/mol. The Labute approximate surface area is 96.7 Å². The number of hydrogen-bond donors (Lipinski definition) is 2. The van der Waals surface area contributed by atoms with Crippen LogP contribution in [0, 0.1) is 0 Å². The number of carboxylic acid groups (broad SMARTS) is 1. The fourth-order valence-corrected chi connectivity index (χ4v) is 2.38. The van der Waals surface area contributed by atoms with Crippen molar-refractivity contribution < 1.29 is 15.0 Å². The molecule has 2 saturated heterocycles. The summed E-state index contributed by atoms with van der Waals surface area (Å²) in [4.78, 5) is 11.4. The van der Waals surface area contributed by atoms with Gasteiger partial charge in [-0.1, -0.05) is 0 Å². The summed E-state index contributed by atoms with van der Waals surface area (Å²) >= 11 is 0. The van der Waals surface area contributed by atoms with Crippen LogP contribution >= 0.6 is 12.4 Å². The monoisotopic (exact) mass is 237 g/mol. The Morgan fingerprint density at radius 2 is 1.60 bits per heavy atom. The highest BCUT2D eigenvalue weighted by Crippen LogP contribution is 2.33. The van der Waals surface area contributed by atoms with Crippen molar-refractivity contribution in [2.75, 3.05) is 7.05 Å². The average molecular weight is 238 g/mol. The predicted octanol–water partition coefficient (Wildman–Crippen LogP) is 1.12. The maximum atomic E-state index is 9.38. The molecule has 2 aliphatic rings. The van der Waals surface area contributed by atoms with E-state index in [1.807, 2.05) is 0 Å². The molecule has 0 aromatic heterocycles. The number of halogens is 1. The summed E-state index contributed by atoms with van der Waals surface area (Å²) in [6.45, 7) is 1.08. The number of aliphatic hydroxyl groups is 1. The van der Waals surface area contributed by atoms with Crippen molar-refractivity contribution >= 4 is 18.4 Å². The molecule has 0 spiro atoms. The Balaban J connectivity index is 0.000000346. The van der Waals surface area contributed by atoms with Gasteiger partial charge in [0.25, 0.3) is 5.97 Å². The van der Waals surface area contributed by atoms with E-state index in [1.54, 1.807) is 0 Å². The van der Waals surface area contributed by atoms with Gasteiger partial charge in [0, 0.05) is 19.0 Å². The van der Waals surface area contributed by atoms with E-state index < -0.39 is 5.97 Å². The number of rotatable bonds is 0. The van der Waals surface area contributed by atoms with E-state index in [2.05, 4.69) is 11.9 Å². The van der Waals surface area contributed by atoms with Gasteiger partial charge in [-0.2, -0.15) is 0 Å². The van der Waals surface area contributed by atoms with Gasteiger partial charge in [-0.25, -0.2) is 0 Å². The van der Waals surface area contributed by atoms with Crippen molar-refractivity contribution in [2.45, 2.75) is 50.8 Å². The van der Waals surface area contributed by atoms with Gasteiger partial charge in [-0.15, -0.1) is 12.4 Å². The highest BCUT2D eigenvalue weighted by molar-refractivity contribution is 5.85. The lowest BCUT2D eigenvalue weighted by Crippen LogP contribution is -2.41. The van der Waals surface area contributed by atoms with Crippen LogP contribution in [0.2, 0.25) is 0 Å². The van der Waals surface area contributed by atoms with E-state index in [0.29, 0.717) is 12.1 Å². The Bertz CT molecular complexity index is 195. The summed E-state index contributed by atoms with van der Waals surface area (Å²) in [5, 5.41) is 16.8. The van der Waals surface area contributed by atoms with Crippen LogP contribution in [0.15, 0.2) is 0 Å². The molecule has 0 aromatic carbocycles. The molecule has 2 bridgehead atoms. The van der Waals surface area contributed by atoms with Crippen LogP contribution in [-0.4, -0.2) is 46.3 Å². The van der Waals surface area contributed by atoms with E-state index >= 15 is 0 Å². The van der Waals surface area contributed by atoms with Crippen LogP contribution in [0.1, 0.15) is 32.6 Å². The Morgan fingerprint density at radius 1 is 1.27 bits per heavy atom. The normalized spacial score (nSPS) is 33.7. The number of nitrogens with zero attached hydrogens (tertiary/aromatic N) is 1. The zero-order valence-corrected chi connectivity index (χ0v) is 10.0. The molecule has 15 heavy (non-hydrogen) atoms. The molecule has 2 rings (SSSR count). The molecule has 3 atom stereocenters. The van der Waals surface area contributed by atoms with Gasteiger partial charge in [0.2, 0.25) is 0 Å². The van der Waals surface area contributed by atoms with Gasteiger partial charge in [0.1, 0.15) is 0 Å². The maximum absolute atomic E-state index is 9.38. The summed E-state index contributed by atoms with van der Waals surface area (Å²) in [5.41, 5.74) is 0. The van der Waals surface area contributed by atoms with Crippen LogP contribution in [-0.2, 0) is 4.79 Å². The standard InChI is InChI=1S/C8H15NO.C2H4O2.ClH/c1-9-6-2-3-7(9)5-8(10)4-6;1-2(3)4;/h6-8,10H,2-5H2,1H3;1H3,(H,3,4);1H/t6-,7+,8?;;. The van der Waals surface area contributed by atoms with Crippen LogP contribution in [0.5, 0.6) is 0 Å². The van der Waals surface area contributed by atoms with Gasteiger partial charge in [-0.05, 0) is 32.7 Å². The van der Waals surface area contributed by atoms with Crippen molar-refractivity contribution in [3.05, 3.63) is 0 Å². The molecule has 0 radical (unpaired) electrons. The van der Waals surface area contributed by atoms with E-state index in [4.69, 9.17) is 9.90 Å². The Morgan fingerprint density at radius 3 is 1.93 bits per heavy atom. The molecule has 2 N–H and O–H groups in total. The number of aliphatic carboxylic acids is 1. The fraction of sp³-hybridized carbons (Fsp3) is 0.900. The van der Waals surface area contributed by atoms with Crippen LogP contribution in [0.25, 0.3) is 0 Å². The van der Waals surface area contributed by atoms with Gasteiger partial charge < -0.3 is 15.1 Å². The highest BCUT2D eigenvalue weighted by Gasteiger charge is 2.37. The Kier molecular flexibility index (Phi) is 6.17. The van der Waals surface area contributed by atoms with Crippen molar-refractivity contribution in [3.63, 3.8) is 0 Å². The molecular formula is C10H20ClNO3. The number of aliphatic hydroxyl groups excluding tert-OH is 1. The largest absolute Gasteiger partial charge is 0.481 e. The lowest BCUT2D eigenvalue weighted by molar-refractivity contribution is -0.134. The SMILES string of the molecule is CC(=O)O.CN1[C@@H]2CC[C@H]1CC(O)C2.Cl. The Hall–Kier alpha value is -0.320. The van der Waals surface area contributed by atoms with Crippen molar-refractivity contribution in [2.24, 2.45) is 0 Å². The van der Waals surface area contributed by atoms with Gasteiger partial charge in [0.05, 0.1) is 6.10 Å². The van der Waals surface area contributed by atoms with Crippen molar-refractivity contribution in [3.8, 4) is 0 Å². The third kappa shape index (κ3) is 4.36. The molecule has 4 nitrogen and oxygen atoms in total. The zero-order chi connectivity index (χ0) is 10.7. The molecule has 0 aromatic rings. The first-order chi connectivity index (χ1) is 6.50. The van der Waals surface area contributed by atoms with E-state index in [-0.39, 0.29) is 18.5 Å². The number of hydrogen-bond acceptors (Lipinski definition) is 3. The minimum absolute atomic E-state index is 0. The fourth-order valence-electron chi connectivity index (χ4n) is 2.38. The molecule has 5 heteroatoms. The second-order valence-electron chi connectivity index (χ2n) is 4.19. The third-order valence-corrected chi connectivity index (χ3v) is 3.07. The minimum Gasteiger partial charge on any atom is -0.481 e. The van der Waals surface area contributed by atoms with Gasteiger partial charge in [0.15, 0.2) is 0 Å². The summed E-state index contributed by atoms with van der Waals surface area (Å²) in [7, 11) is 2.19. The van der Waals surface area contributed by atoms with E-state index in [0.717, 1.165) is 19.8 Å². The molecule has 1 unspecified atom stereocenters. The first-order valence-corrected chi connectivity index (χ1v) is 5.10. The van der Waals surface area contributed by atoms with E-state index in [9.17, 15) is 5.11 Å². The third-order valence-electron chi connectivity index (χ3n) is 3.07. The van der Waals surface area contributed by atoms with Crippen LogP contribution < -0.4 is 0 Å². The number of carboxylic acids is 1. The number of carbonyl (C=O) groups is 1. The lowest BCUT2D eigenvalue weighted by atomic mass is 10.0. The van der Waals surface area contributed by atoms with Gasteiger partial charge in [-0.3, -0.25) is 4.79 Å². The molecule has 90 valence electrons. The molecule has 0 aliphatic carbocycles. The molecule has 0 saturated carbocycles. The summed E-state index contributed by atoms with van der Waals surface area (Å²) in [6, 6.07) is 1.38. The first kappa shape index (κ1) is 14.7. The van der Waals surface area contributed by atoms with Crippen LogP contribution in [0.3, 0.4) is 0 Å². The summed E-state index contributed by atoms with van der Waals surface area (Å²) in [5.74, 6) is -0.833. The van der Waals surface area contributed by atoms with Crippen molar-refractivity contribution in [1.82, 2.24) is 4.90 Å². The maximum Gasteiger partial charge on any atom is 0.300 e. The number of piperidine rings is 1. The smallest absolute Gasteiger partial charge is 0.300 e. The molecule has 0 amide bonds. The zero-order valence-electron chi connectivity index (χ0n) is 9.22. The molecular weight excluding hydrogens is 218 g/mol. The van der Waals surface area contributed by atoms with Gasteiger partial charge >= 0.3 is 0 Å². The van der Waals surface area contributed by atoms with Crippen LogP contribution in [0.4, 0.5) is 0 Å². The summed E-state index contributed by atoms with van der Waals surface area (Å²) in [6.07, 6.45) is 4.62. The first-order valence-electron chi connectivity index (χ1n) is 5.10. The topological polar surface area (TPSA) is 60.8 Å². The minimum atomic E-state index is -0.833. The molecule has 2 heterocycles. The molecule has 2 aliphatic heterocycles. The second kappa shape index (κ2) is 6.30. The molecule has 2 fully saturated rings. The van der Waals surface area contributed by atoms with Crippen molar-refractivity contribution in [1.29, 1.82) is 0 Å². The second-order valence-corrected chi connectivity index (χ2v) is 4.19. The summed E-state index contributed by atoms with van der Waals surface area (Å²) < 4.78 is 0.